The number of aliphatic hydroxyl groups excluding tert-OH is 1. The minimum absolute atomic E-state index is 0.0367. The first kappa shape index (κ1) is 14.8. The SMILES string of the molecule is CC1COC(CO)CN1C(=O)c1cccc(Br)c1Cl. The smallest absolute Gasteiger partial charge is 0.255 e. The molecule has 1 fully saturated rings. The first-order chi connectivity index (χ1) is 9.04. The van der Waals surface area contributed by atoms with E-state index in [1.807, 2.05) is 6.92 Å². The van der Waals surface area contributed by atoms with Crippen molar-refractivity contribution in [3.8, 4) is 0 Å². The van der Waals surface area contributed by atoms with Crippen LogP contribution in [0.3, 0.4) is 0 Å². The lowest BCUT2D eigenvalue weighted by molar-refractivity contribution is -0.0667. The summed E-state index contributed by atoms with van der Waals surface area (Å²) in [7, 11) is 0. The van der Waals surface area contributed by atoms with E-state index in [0.717, 1.165) is 0 Å². The molecule has 1 aliphatic heterocycles. The summed E-state index contributed by atoms with van der Waals surface area (Å²) in [6.07, 6.45) is -0.328. The zero-order valence-electron chi connectivity index (χ0n) is 10.5. The number of carbonyl (C=O) groups is 1. The highest BCUT2D eigenvalue weighted by Gasteiger charge is 2.30. The van der Waals surface area contributed by atoms with Crippen molar-refractivity contribution in [1.29, 1.82) is 0 Å². The lowest BCUT2D eigenvalue weighted by Gasteiger charge is -2.37. The number of aliphatic hydroxyl groups is 1. The molecule has 1 aromatic rings. The Morgan fingerprint density at radius 1 is 1.63 bits per heavy atom. The Morgan fingerprint density at radius 2 is 2.37 bits per heavy atom. The molecule has 1 N–H and O–H groups in total. The van der Waals surface area contributed by atoms with Gasteiger partial charge in [-0.15, -0.1) is 0 Å². The van der Waals surface area contributed by atoms with Crippen molar-refractivity contribution < 1.29 is 14.6 Å². The Bertz CT molecular complexity index is 483. The Morgan fingerprint density at radius 3 is 3.05 bits per heavy atom. The van der Waals surface area contributed by atoms with Crippen LogP contribution in [0.1, 0.15) is 17.3 Å². The number of morpholine rings is 1. The fraction of sp³-hybridized carbons (Fsp3) is 0.462. The maximum atomic E-state index is 12.5. The molecule has 1 heterocycles. The summed E-state index contributed by atoms with van der Waals surface area (Å²) >= 11 is 9.46. The number of hydrogen-bond donors (Lipinski definition) is 1. The summed E-state index contributed by atoms with van der Waals surface area (Å²) in [6, 6.07) is 5.23. The van der Waals surface area contributed by atoms with Crippen molar-refractivity contribution in [2.45, 2.75) is 19.1 Å². The van der Waals surface area contributed by atoms with Crippen molar-refractivity contribution in [1.82, 2.24) is 4.90 Å². The molecule has 6 heteroatoms. The monoisotopic (exact) mass is 347 g/mol. The fourth-order valence-electron chi connectivity index (χ4n) is 2.03. The van der Waals surface area contributed by atoms with Gasteiger partial charge in [-0.1, -0.05) is 17.7 Å². The first-order valence-corrected chi connectivity index (χ1v) is 7.19. The zero-order chi connectivity index (χ0) is 14.0. The Kier molecular flexibility index (Phi) is 4.84. The molecule has 19 heavy (non-hydrogen) atoms. The summed E-state index contributed by atoms with van der Waals surface area (Å²) in [5, 5.41) is 9.56. The van der Waals surface area contributed by atoms with Crippen LogP contribution in [0.2, 0.25) is 5.02 Å². The molecular formula is C13H15BrClNO3. The second-order valence-corrected chi connectivity index (χ2v) is 5.78. The minimum atomic E-state index is -0.328. The third-order valence-electron chi connectivity index (χ3n) is 3.15. The van der Waals surface area contributed by atoms with Crippen molar-refractivity contribution in [2.75, 3.05) is 19.8 Å². The van der Waals surface area contributed by atoms with Gasteiger partial charge in [0.25, 0.3) is 5.91 Å². The van der Waals surface area contributed by atoms with E-state index in [1.165, 1.54) is 0 Å². The molecule has 1 saturated heterocycles. The van der Waals surface area contributed by atoms with Crippen molar-refractivity contribution in [2.24, 2.45) is 0 Å². The Hall–Kier alpha value is -0.620. The van der Waals surface area contributed by atoms with Gasteiger partial charge in [0.15, 0.2) is 0 Å². The molecule has 0 bridgehead atoms. The van der Waals surface area contributed by atoms with Gasteiger partial charge in [-0.3, -0.25) is 4.79 Å². The highest BCUT2D eigenvalue weighted by atomic mass is 79.9. The van der Waals surface area contributed by atoms with Crippen LogP contribution in [0, 0.1) is 0 Å². The summed E-state index contributed by atoms with van der Waals surface area (Å²) in [4.78, 5) is 14.2. The van der Waals surface area contributed by atoms with E-state index in [1.54, 1.807) is 23.1 Å². The van der Waals surface area contributed by atoms with Gasteiger partial charge >= 0.3 is 0 Å². The maximum Gasteiger partial charge on any atom is 0.255 e. The molecule has 0 saturated carbocycles. The van der Waals surface area contributed by atoms with Crippen LogP contribution >= 0.6 is 27.5 Å². The third kappa shape index (κ3) is 3.11. The standard InChI is InChI=1S/C13H15BrClNO3/c1-8-7-19-9(6-17)5-16(8)13(18)10-3-2-4-11(14)12(10)15/h2-4,8-9,17H,5-7H2,1H3. The second kappa shape index (κ2) is 6.22. The molecule has 104 valence electrons. The van der Waals surface area contributed by atoms with Gasteiger partial charge in [-0.25, -0.2) is 0 Å². The van der Waals surface area contributed by atoms with Gasteiger partial charge in [0, 0.05) is 11.0 Å². The van der Waals surface area contributed by atoms with E-state index < -0.39 is 0 Å². The van der Waals surface area contributed by atoms with Crippen molar-refractivity contribution in [3.05, 3.63) is 33.3 Å². The van der Waals surface area contributed by atoms with Gasteiger partial charge in [0.05, 0.1) is 35.9 Å². The van der Waals surface area contributed by atoms with Crippen LogP contribution in [0.25, 0.3) is 0 Å². The van der Waals surface area contributed by atoms with Gasteiger partial charge in [-0.2, -0.15) is 0 Å². The summed E-state index contributed by atoms with van der Waals surface area (Å²) in [5.41, 5.74) is 0.460. The normalized spacial score (nSPS) is 23.5. The van der Waals surface area contributed by atoms with Crippen LogP contribution in [0.5, 0.6) is 0 Å². The fourth-order valence-corrected chi connectivity index (χ4v) is 2.61. The maximum absolute atomic E-state index is 12.5. The largest absolute Gasteiger partial charge is 0.394 e. The number of hydrogen-bond acceptors (Lipinski definition) is 3. The lowest BCUT2D eigenvalue weighted by Crippen LogP contribution is -2.52. The molecule has 0 aliphatic carbocycles. The number of nitrogens with zero attached hydrogens (tertiary/aromatic N) is 1. The summed E-state index contributed by atoms with van der Waals surface area (Å²) < 4.78 is 6.12. The predicted octanol–water partition coefficient (Wildman–Crippen LogP) is 2.32. The van der Waals surface area contributed by atoms with Gasteiger partial charge in [-0.05, 0) is 35.0 Å². The molecule has 1 aromatic carbocycles. The van der Waals surface area contributed by atoms with Crippen LogP contribution in [0.15, 0.2) is 22.7 Å². The minimum Gasteiger partial charge on any atom is -0.394 e. The average Bonchev–Trinajstić information content (AvgIpc) is 2.42. The number of benzene rings is 1. The van der Waals surface area contributed by atoms with E-state index in [0.29, 0.717) is 28.2 Å². The van der Waals surface area contributed by atoms with Gasteiger partial charge in [0.2, 0.25) is 0 Å². The van der Waals surface area contributed by atoms with Crippen molar-refractivity contribution in [3.63, 3.8) is 0 Å². The summed E-state index contributed by atoms with van der Waals surface area (Å²) in [5.74, 6) is -0.138. The number of rotatable bonds is 2. The molecule has 1 aliphatic rings. The molecule has 0 spiro atoms. The van der Waals surface area contributed by atoms with Crippen molar-refractivity contribution >= 4 is 33.4 Å². The third-order valence-corrected chi connectivity index (χ3v) is 4.45. The molecule has 2 rings (SSSR count). The number of amides is 1. The predicted molar refractivity (Wildman–Crippen MR) is 76.5 cm³/mol. The first-order valence-electron chi connectivity index (χ1n) is 6.02. The average molecular weight is 349 g/mol. The van der Waals surface area contributed by atoms with E-state index in [9.17, 15) is 4.79 Å². The zero-order valence-corrected chi connectivity index (χ0v) is 12.8. The number of halogens is 2. The summed E-state index contributed by atoms with van der Waals surface area (Å²) in [6.45, 7) is 2.61. The molecule has 2 atom stereocenters. The molecular weight excluding hydrogens is 334 g/mol. The molecule has 1 amide bonds. The topological polar surface area (TPSA) is 49.8 Å². The number of ether oxygens (including phenoxy) is 1. The molecule has 0 aromatic heterocycles. The number of carbonyl (C=O) groups excluding carboxylic acids is 1. The Balaban J connectivity index is 2.24. The van der Waals surface area contributed by atoms with Gasteiger partial charge < -0.3 is 14.7 Å². The second-order valence-electron chi connectivity index (χ2n) is 4.55. The van der Waals surface area contributed by atoms with E-state index in [2.05, 4.69) is 15.9 Å². The van der Waals surface area contributed by atoms with Crippen LogP contribution < -0.4 is 0 Å². The van der Waals surface area contributed by atoms with E-state index in [-0.39, 0.29) is 24.7 Å². The lowest BCUT2D eigenvalue weighted by atomic mass is 10.1. The van der Waals surface area contributed by atoms with Crippen LogP contribution in [-0.4, -0.2) is 47.8 Å². The van der Waals surface area contributed by atoms with E-state index >= 15 is 0 Å². The highest BCUT2D eigenvalue weighted by Crippen LogP contribution is 2.28. The van der Waals surface area contributed by atoms with Crippen LogP contribution in [-0.2, 0) is 4.74 Å². The quantitative estimate of drug-likeness (QED) is 0.892. The molecule has 4 nitrogen and oxygen atoms in total. The molecule has 2 unspecified atom stereocenters. The highest BCUT2D eigenvalue weighted by molar-refractivity contribution is 9.10. The Labute approximate surface area is 125 Å². The van der Waals surface area contributed by atoms with Crippen LogP contribution in [0.4, 0.5) is 0 Å². The van der Waals surface area contributed by atoms with E-state index in [4.69, 9.17) is 21.4 Å². The molecule has 0 radical (unpaired) electrons. The van der Waals surface area contributed by atoms with Gasteiger partial charge in [0.1, 0.15) is 0 Å².